The van der Waals surface area contributed by atoms with E-state index in [1.165, 1.54) is 43.8 Å². The van der Waals surface area contributed by atoms with Crippen molar-refractivity contribution in [1.82, 2.24) is 9.13 Å². The van der Waals surface area contributed by atoms with Crippen LogP contribution in [0.4, 0.5) is 5.69 Å². The smallest absolute Gasteiger partial charge is 0.187 e. The Morgan fingerprint density at radius 1 is 0.511 bits per heavy atom. The highest BCUT2D eigenvalue weighted by molar-refractivity contribution is 6.12. The molecule has 224 valence electrons. The molecule has 8 rings (SSSR count). The zero-order valence-corrected chi connectivity index (χ0v) is 27.1. The van der Waals surface area contributed by atoms with Crippen molar-refractivity contribution in [2.75, 3.05) is 0 Å². The van der Waals surface area contributed by atoms with Crippen molar-refractivity contribution in [2.24, 2.45) is 0 Å². The Kier molecular flexibility index (Phi) is 6.33. The van der Waals surface area contributed by atoms with Crippen LogP contribution in [-0.2, 0) is 0 Å². The molecule has 0 saturated heterocycles. The van der Waals surface area contributed by atoms with Gasteiger partial charge >= 0.3 is 0 Å². The van der Waals surface area contributed by atoms with Gasteiger partial charge in [-0.05, 0) is 101 Å². The Bertz CT molecular complexity index is 2580. The number of rotatable bonds is 3. The fraction of sp³-hybridized carbons (Fsp3) is 0.116. The summed E-state index contributed by atoms with van der Waals surface area (Å²) in [5, 5.41) is 15.5. The Balaban J connectivity index is 1.58. The molecule has 0 saturated carbocycles. The second kappa shape index (κ2) is 10.5. The molecule has 4 heteroatoms. The number of hydrogen-bond donors (Lipinski definition) is 0. The SMILES string of the molecule is [C-]#[N+]c1ccc(-c2cc(-n3c4ccc(C)cc4c4cc(C)ccc43)c(-n3c4ccc(C)cc4c4cc(C)ccc43)cc2C#N)c(C)c1. The highest BCUT2D eigenvalue weighted by atomic mass is 15.1. The van der Waals surface area contributed by atoms with Crippen LogP contribution in [0, 0.1) is 52.5 Å². The molecule has 0 aliphatic carbocycles. The van der Waals surface area contributed by atoms with Gasteiger partial charge in [-0.3, -0.25) is 0 Å². The number of aryl methyl sites for hydroxylation is 5. The van der Waals surface area contributed by atoms with Crippen LogP contribution in [0.5, 0.6) is 0 Å². The van der Waals surface area contributed by atoms with E-state index >= 15 is 0 Å². The molecule has 0 radical (unpaired) electrons. The summed E-state index contributed by atoms with van der Waals surface area (Å²) in [6.07, 6.45) is 0. The second-order valence-electron chi connectivity index (χ2n) is 12.9. The largest absolute Gasteiger partial charge is 0.307 e. The van der Waals surface area contributed by atoms with Gasteiger partial charge in [0.1, 0.15) is 0 Å². The second-order valence-corrected chi connectivity index (χ2v) is 12.9. The van der Waals surface area contributed by atoms with Crippen LogP contribution in [0.3, 0.4) is 0 Å². The topological polar surface area (TPSA) is 38.0 Å². The zero-order chi connectivity index (χ0) is 32.6. The van der Waals surface area contributed by atoms with Crippen molar-refractivity contribution in [3.63, 3.8) is 0 Å². The van der Waals surface area contributed by atoms with Crippen molar-refractivity contribution in [3.8, 4) is 28.6 Å². The van der Waals surface area contributed by atoms with Crippen molar-refractivity contribution in [1.29, 1.82) is 5.26 Å². The first kappa shape index (κ1) is 28.4. The normalized spacial score (nSPS) is 11.5. The molecule has 2 heterocycles. The first-order valence-electron chi connectivity index (χ1n) is 15.9. The predicted octanol–water partition coefficient (Wildman–Crippen LogP) is 11.5. The van der Waals surface area contributed by atoms with E-state index in [2.05, 4.69) is 133 Å². The molecule has 0 amide bonds. The van der Waals surface area contributed by atoms with Gasteiger partial charge < -0.3 is 9.13 Å². The van der Waals surface area contributed by atoms with Gasteiger partial charge in [-0.25, -0.2) is 4.85 Å². The Hall–Kier alpha value is -6.10. The number of hydrogen-bond acceptors (Lipinski definition) is 1. The summed E-state index contributed by atoms with van der Waals surface area (Å²) in [6.45, 7) is 18.1. The molecule has 6 aromatic carbocycles. The third-order valence-corrected chi connectivity index (χ3v) is 9.50. The summed E-state index contributed by atoms with van der Waals surface area (Å²) in [6, 6.07) is 39.1. The summed E-state index contributed by atoms with van der Waals surface area (Å²) in [4.78, 5) is 3.65. The minimum absolute atomic E-state index is 0.587. The lowest BCUT2D eigenvalue weighted by molar-refractivity contribution is 1.09. The van der Waals surface area contributed by atoms with Crippen molar-refractivity contribution < 1.29 is 0 Å². The van der Waals surface area contributed by atoms with E-state index in [9.17, 15) is 5.26 Å². The van der Waals surface area contributed by atoms with E-state index in [1.807, 2.05) is 25.1 Å². The number of fused-ring (bicyclic) bond motifs is 6. The summed E-state index contributed by atoms with van der Waals surface area (Å²) >= 11 is 0. The van der Waals surface area contributed by atoms with Gasteiger partial charge in [-0.1, -0.05) is 70.3 Å². The lowest BCUT2D eigenvalue weighted by atomic mass is 9.94. The lowest BCUT2D eigenvalue weighted by Gasteiger charge is -2.20. The summed E-state index contributed by atoms with van der Waals surface area (Å²) in [5.41, 5.74) is 15.1. The van der Waals surface area contributed by atoms with Crippen molar-refractivity contribution in [3.05, 3.63) is 148 Å². The molecule has 0 atom stereocenters. The summed E-state index contributed by atoms with van der Waals surface area (Å²) < 4.78 is 4.70. The minimum Gasteiger partial charge on any atom is -0.307 e. The third-order valence-electron chi connectivity index (χ3n) is 9.50. The van der Waals surface area contributed by atoms with Crippen LogP contribution in [-0.4, -0.2) is 9.13 Å². The molecule has 0 fully saturated rings. The van der Waals surface area contributed by atoms with E-state index < -0.39 is 0 Å². The fourth-order valence-electron chi connectivity index (χ4n) is 7.29. The van der Waals surface area contributed by atoms with Crippen LogP contribution in [0.15, 0.2) is 103 Å². The maximum absolute atomic E-state index is 10.7. The molecule has 47 heavy (non-hydrogen) atoms. The van der Waals surface area contributed by atoms with E-state index in [0.29, 0.717) is 11.3 Å². The third kappa shape index (κ3) is 4.34. The van der Waals surface area contributed by atoms with E-state index in [0.717, 1.165) is 50.1 Å². The molecule has 0 unspecified atom stereocenters. The van der Waals surface area contributed by atoms with Gasteiger partial charge in [0.05, 0.1) is 51.6 Å². The predicted molar refractivity (Wildman–Crippen MR) is 195 cm³/mol. The van der Waals surface area contributed by atoms with Gasteiger partial charge in [0, 0.05) is 27.1 Å². The summed E-state index contributed by atoms with van der Waals surface area (Å²) in [7, 11) is 0. The maximum atomic E-state index is 10.7. The highest BCUT2D eigenvalue weighted by Crippen LogP contribution is 2.42. The van der Waals surface area contributed by atoms with E-state index in [1.54, 1.807) is 0 Å². The highest BCUT2D eigenvalue weighted by Gasteiger charge is 2.23. The first-order valence-corrected chi connectivity index (χ1v) is 15.9. The molecular weight excluding hydrogens is 573 g/mol. The number of aromatic nitrogens is 2. The van der Waals surface area contributed by atoms with Crippen molar-refractivity contribution >= 4 is 49.3 Å². The molecule has 4 nitrogen and oxygen atoms in total. The summed E-state index contributed by atoms with van der Waals surface area (Å²) in [5.74, 6) is 0. The first-order chi connectivity index (χ1) is 22.7. The van der Waals surface area contributed by atoms with Crippen LogP contribution < -0.4 is 0 Å². The van der Waals surface area contributed by atoms with E-state index in [4.69, 9.17) is 6.57 Å². The average molecular weight is 605 g/mol. The minimum atomic E-state index is 0.587. The Morgan fingerprint density at radius 2 is 0.936 bits per heavy atom. The molecule has 8 aromatic rings. The maximum Gasteiger partial charge on any atom is 0.187 e. The van der Waals surface area contributed by atoms with Crippen LogP contribution in [0.1, 0.15) is 33.4 Å². The Morgan fingerprint density at radius 3 is 1.32 bits per heavy atom. The molecule has 0 aliphatic rings. The molecular formula is C43H32N4. The van der Waals surface area contributed by atoms with Gasteiger partial charge in [-0.2, -0.15) is 5.26 Å². The average Bonchev–Trinajstić information content (AvgIpc) is 3.55. The number of nitrogens with zero attached hydrogens (tertiary/aromatic N) is 4. The standard InChI is InChI=1S/C43H32N4/c1-25-7-13-38-34(17-25)35-18-26(2)8-14-39(35)46(38)42-22-30(24-44)33(32-12-11-31(45-6)21-29(32)5)23-43(42)47-40-15-9-27(3)19-36(40)37-20-28(4)10-16-41(37)47/h7-23H,1-5H3. The van der Waals surface area contributed by atoms with Crippen LogP contribution in [0.2, 0.25) is 0 Å². The van der Waals surface area contributed by atoms with Crippen LogP contribution >= 0.6 is 0 Å². The number of nitriles is 1. The zero-order valence-electron chi connectivity index (χ0n) is 27.1. The number of benzene rings is 6. The van der Waals surface area contributed by atoms with Gasteiger partial charge in [0.15, 0.2) is 5.69 Å². The Labute approximate surface area is 274 Å². The molecule has 0 spiro atoms. The van der Waals surface area contributed by atoms with Crippen LogP contribution in [0.25, 0.3) is 71.0 Å². The molecule has 0 bridgehead atoms. The molecule has 0 aliphatic heterocycles. The molecule has 2 aromatic heterocycles. The van der Waals surface area contributed by atoms with Gasteiger partial charge in [-0.15, -0.1) is 0 Å². The lowest BCUT2D eigenvalue weighted by Crippen LogP contribution is -2.06. The molecule has 0 N–H and O–H groups in total. The van der Waals surface area contributed by atoms with Gasteiger partial charge in [0.25, 0.3) is 0 Å². The van der Waals surface area contributed by atoms with E-state index in [-0.39, 0.29) is 0 Å². The fourth-order valence-corrected chi connectivity index (χ4v) is 7.29. The quantitative estimate of drug-likeness (QED) is 0.185. The van der Waals surface area contributed by atoms with Crippen molar-refractivity contribution in [2.45, 2.75) is 34.6 Å². The van der Waals surface area contributed by atoms with Gasteiger partial charge in [0.2, 0.25) is 0 Å². The monoisotopic (exact) mass is 604 g/mol.